The van der Waals surface area contributed by atoms with Crippen molar-refractivity contribution in [2.75, 3.05) is 13.1 Å². The van der Waals surface area contributed by atoms with Crippen molar-refractivity contribution in [2.45, 2.75) is 33.2 Å². The lowest BCUT2D eigenvalue weighted by Gasteiger charge is -2.04. The molecule has 3 nitrogen and oxygen atoms in total. The van der Waals surface area contributed by atoms with Crippen LogP contribution in [0.4, 0.5) is 0 Å². The van der Waals surface area contributed by atoms with Gasteiger partial charge in [-0.1, -0.05) is 6.92 Å². The van der Waals surface area contributed by atoms with Crippen LogP contribution in [-0.4, -0.2) is 22.6 Å². The van der Waals surface area contributed by atoms with Crippen LogP contribution < -0.4 is 5.32 Å². The van der Waals surface area contributed by atoms with E-state index in [0.717, 1.165) is 25.5 Å². The van der Waals surface area contributed by atoms with Crippen molar-refractivity contribution < 1.29 is 0 Å². The molecule has 0 aliphatic heterocycles. The van der Waals surface area contributed by atoms with Crippen LogP contribution in [0.25, 0.3) is 0 Å². The first-order chi connectivity index (χ1) is 6.34. The summed E-state index contributed by atoms with van der Waals surface area (Å²) in [5.41, 5.74) is 0. The largest absolute Gasteiger partial charge is 0.335 e. The molecule has 1 aromatic rings. The summed E-state index contributed by atoms with van der Waals surface area (Å²) in [7, 11) is 0. The van der Waals surface area contributed by atoms with Gasteiger partial charge in [-0.2, -0.15) is 0 Å². The number of nitrogens with one attached hydrogen (secondary N) is 1. The number of aromatic nitrogens is 2. The van der Waals surface area contributed by atoms with E-state index in [0.29, 0.717) is 0 Å². The van der Waals surface area contributed by atoms with Crippen LogP contribution in [0.3, 0.4) is 0 Å². The van der Waals surface area contributed by atoms with Crippen molar-refractivity contribution in [1.82, 2.24) is 14.9 Å². The molecule has 1 heterocycles. The summed E-state index contributed by atoms with van der Waals surface area (Å²) in [5, 5.41) is 3.32. The van der Waals surface area contributed by atoms with E-state index in [1.165, 1.54) is 12.8 Å². The number of imidazole rings is 1. The molecule has 0 fully saturated rings. The molecule has 0 aliphatic rings. The molecule has 0 aliphatic carbocycles. The van der Waals surface area contributed by atoms with Gasteiger partial charge < -0.3 is 9.88 Å². The van der Waals surface area contributed by atoms with Gasteiger partial charge in [-0.05, 0) is 32.9 Å². The first-order valence-corrected chi connectivity index (χ1v) is 5.03. The van der Waals surface area contributed by atoms with E-state index in [1.807, 2.05) is 19.3 Å². The van der Waals surface area contributed by atoms with Crippen molar-refractivity contribution in [3.63, 3.8) is 0 Å². The summed E-state index contributed by atoms with van der Waals surface area (Å²) in [6, 6.07) is 0. The summed E-state index contributed by atoms with van der Waals surface area (Å²) in [6.07, 6.45) is 6.37. The molecule has 0 radical (unpaired) electrons. The van der Waals surface area contributed by atoms with Gasteiger partial charge in [0.1, 0.15) is 5.82 Å². The van der Waals surface area contributed by atoms with Gasteiger partial charge in [0.25, 0.3) is 0 Å². The molecule has 74 valence electrons. The van der Waals surface area contributed by atoms with E-state index < -0.39 is 0 Å². The van der Waals surface area contributed by atoms with E-state index in [9.17, 15) is 0 Å². The van der Waals surface area contributed by atoms with Crippen LogP contribution in [0.5, 0.6) is 0 Å². The van der Waals surface area contributed by atoms with Crippen LogP contribution in [0.15, 0.2) is 12.4 Å². The monoisotopic (exact) mass is 181 g/mol. The number of unbranched alkanes of at least 4 members (excludes halogenated alkanes) is 1. The summed E-state index contributed by atoms with van der Waals surface area (Å²) in [4.78, 5) is 4.18. The molecule has 0 unspecified atom stereocenters. The van der Waals surface area contributed by atoms with E-state index in [4.69, 9.17) is 0 Å². The third kappa shape index (κ3) is 3.59. The van der Waals surface area contributed by atoms with Crippen molar-refractivity contribution in [3.05, 3.63) is 18.2 Å². The molecule has 13 heavy (non-hydrogen) atoms. The Morgan fingerprint density at radius 3 is 2.92 bits per heavy atom. The van der Waals surface area contributed by atoms with Gasteiger partial charge in [-0.25, -0.2) is 4.98 Å². The van der Waals surface area contributed by atoms with Gasteiger partial charge in [0, 0.05) is 18.9 Å². The fourth-order valence-electron chi connectivity index (χ4n) is 1.35. The molecule has 0 saturated carbocycles. The van der Waals surface area contributed by atoms with Gasteiger partial charge in [0.15, 0.2) is 0 Å². The molecule has 3 heteroatoms. The molecule has 1 rings (SSSR count). The number of rotatable bonds is 6. The fourth-order valence-corrected chi connectivity index (χ4v) is 1.35. The Labute approximate surface area is 80.2 Å². The third-order valence-electron chi connectivity index (χ3n) is 2.18. The zero-order valence-electron chi connectivity index (χ0n) is 8.58. The van der Waals surface area contributed by atoms with Crippen LogP contribution in [0, 0.1) is 6.92 Å². The minimum Gasteiger partial charge on any atom is -0.335 e. The number of aryl methyl sites for hydroxylation is 2. The standard InChI is InChI=1S/C10H19N3/c1-3-11-6-4-5-8-13-9-7-12-10(13)2/h7,9,11H,3-6,8H2,1-2H3. The Hall–Kier alpha value is -0.830. The maximum atomic E-state index is 4.18. The highest BCUT2D eigenvalue weighted by atomic mass is 15.0. The molecule has 0 spiro atoms. The Morgan fingerprint density at radius 2 is 2.31 bits per heavy atom. The fraction of sp³-hybridized carbons (Fsp3) is 0.700. The Kier molecular flexibility index (Phi) is 4.54. The summed E-state index contributed by atoms with van der Waals surface area (Å²) in [5.74, 6) is 1.11. The van der Waals surface area contributed by atoms with E-state index in [1.54, 1.807) is 0 Å². The molecule has 0 atom stereocenters. The Morgan fingerprint density at radius 1 is 1.46 bits per heavy atom. The van der Waals surface area contributed by atoms with E-state index >= 15 is 0 Å². The molecule has 0 aromatic carbocycles. The van der Waals surface area contributed by atoms with Gasteiger partial charge >= 0.3 is 0 Å². The SMILES string of the molecule is CCNCCCCn1ccnc1C. The zero-order chi connectivity index (χ0) is 9.52. The van der Waals surface area contributed by atoms with Crippen LogP contribution >= 0.6 is 0 Å². The summed E-state index contributed by atoms with van der Waals surface area (Å²) in [6.45, 7) is 7.48. The van der Waals surface area contributed by atoms with E-state index in [-0.39, 0.29) is 0 Å². The lowest BCUT2D eigenvalue weighted by Crippen LogP contribution is -2.14. The van der Waals surface area contributed by atoms with Crippen LogP contribution in [0.1, 0.15) is 25.6 Å². The molecule has 1 aromatic heterocycles. The summed E-state index contributed by atoms with van der Waals surface area (Å²) < 4.78 is 2.20. The lowest BCUT2D eigenvalue weighted by molar-refractivity contribution is 0.568. The van der Waals surface area contributed by atoms with Crippen LogP contribution in [0.2, 0.25) is 0 Å². The quantitative estimate of drug-likeness (QED) is 0.675. The normalized spacial score (nSPS) is 10.6. The smallest absolute Gasteiger partial charge is 0.105 e. The maximum Gasteiger partial charge on any atom is 0.105 e. The Bertz CT molecular complexity index is 230. The van der Waals surface area contributed by atoms with Gasteiger partial charge in [-0.15, -0.1) is 0 Å². The highest BCUT2D eigenvalue weighted by Gasteiger charge is 1.95. The second-order valence-electron chi connectivity index (χ2n) is 3.23. The van der Waals surface area contributed by atoms with Crippen molar-refractivity contribution in [1.29, 1.82) is 0 Å². The van der Waals surface area contributed by atoms with Gasteiger partial charge in [0.2, 0.25) is 0 Å². The number of hydrogen-bond acceptors (Lipinski definition) is 2. The predicted molar refractivity (Wildman–Crippen MR) is 54.7 cm³/mol. The highest BCUT2D eigenvalue weighted by Crippen LogP contribution is 1.98. The first-order valence-electron chi connectivity index (χ1n) is 5.03. The van der Waals surface area contributed by atoms with Crippen molar-refractivity contribution >= 4 is 0 Å². The minimum atomic E-state index is 1.07. The molecular formula is C10H19N3. The number of hydrogen-bond donors (Lipinski definition) is 1. The third-order valence-corrected chi connectivity index (χ3v) is 2.18. The molecule has 0 amide bonds. The summed E-state index contributed by atoms with van der Waals surface area (Å²) >= 11 is 0. The average molecular weight is 181 g/mol. The van der Waals surface area contributed by atoms with Crippen molar-refractivity contribution in [3.8, 4) is 0 Å². The second-order valence-corrected chi connectivity index (χ2v) is 3.23. The predicted octanol–water partition coefficient (Wildman–Crippen LogP) is 1.58. The zero-order valence-corrected chi connectivity index (χ0v) is 8.58. The van der Waals surface area contributed by atoms with Crippen LogP contribution in [-0.2, 0) is 6.54 Å². The van der Waals surface area contributed by atoms with E-state index in [2.05, 4.69) is 21.8 Å². The maximum absolute atomic E-state index is 4.18. The topological polar surface area (TPSA) is 29.9 Å². The number of nitrogens with zero attached hydrogens (tertiary/aromatic N) is 2. The average Bonchev–Trinajstić information content (AvgIpc) is 2.52. The highest BCUT2D eigenvalue weighted by molar-refractivity contribution is 4.87. The van der Waals surface area contributed by atoms with Gasteiger partial charge in [-0.3, -0.25) is 0 Å². The van der Waals surface area contributed by atoms with Gasteiger partial charge in [0.05, 0.1) is 0 Å². The lowest BCUT2D eigenvalue weighted by atomic mass is 10.3. The molecule has 1 N–H and O–H groups in total. The molecule has 0 saturated heterocycles. The minimum absolute atomic E-state index is 1.07. The second kappa shape index (κ2) is 5.75. The molecule has 0 bridgehead atoms. The Balaban J connectivity index is 2.10. The first kappa shape index (κ1) is 10.3. The molecular weight excluding hydrogens is 162 g/mol. The van der Waals surface area contributed by atoms with Crippen molar-refractivity contribution in [2.24, 2.45) is 0 Å².